The highest BCUT2D eigenvalue weighted by Gasteiger charge is 2.21. The van der Waals surface area contributed by atoms with Crippen LogP contribution < -0.4 is 5.73 Å². The standard InChI is InChI=1S/C17H13ClN2O5/c18-13-8-6-11(10-14(13)20(23)24)7-9-15(21)25-16(17(19)22)12-4-2-1-3-5-12/h1-10,16H,(H2,19,22). The van der Waals surface area contributed by atoms with Crippen LogP contribution in [-0.4, -0.2) is 16.8 Å². The zero-order valence-electron chi connectivity index (χ0n) is 12.8. The molecule has 2 aromatic rings. The molecule has 0 saturated heterocycles. The Morgan fingerprint density at radius 3 is 2.48 bits per heavy atom. The molecule has 2 N–H and O–H groups in total. The number of carbonyl (C=O) groups is 2. The van der Waals surface area contributed by atoms with Crippen molar-refractivity contribution in [1.29, 1.82) is 0 Å². The third-order valence-electron chi connectivity index (χ3n) is 3.17. The van der Waals surface area contributed by atoms with Gasteiger partial charge >= 0.3 is 5.97 Å². The van der Waals surface area contributed by atoms with E-state index < -0.39 is 22.9 Å². The lowest BCUT2D eigenvalue weighted by molar-refractivity contribution is -0.384. The number of nitro groups is 1. The van der Waals surface area contributed by atoms with Gasteiger partial charge in [0.05, 0.1) is 4.92 Å². The van der Waals surface area contributed by atoms with Crippen LogP contribution in [0.5, 0.6) is 0 Å². The topological polar surface area (TPSA) is 113 Å². The summed E-state index contributed by atoms with van der Waals surface area (Å²) in [6.45, 7) is 0. The summed E-state index contributed by atoms with van der Waals surface area (Å²) in [6.07, 6.45) is 1.14. The maximum Gasteiger partial charge on any atom is 0.331 e. The van der Waals surface area contributed by atoms with E-state index >= 15 is 0 Å². The van der Waals surface area contributed by atoms with Crippen LogP contribution in [0, 0.1) is 10.1 Å². The zero-order valence-corrected chi connectivity index (χ0v) is 13.6. The molecule has 0 spiro atoms. The molecule has 8 heteroatoms. The fraction of sp³-hybridized carbons (Fsp3) is 0.0588. The highest BCUT2D eigenvalue weighted by Crippen LogP contribution is 2.25. The van der Waals surface area contributed by atoms with Crippen LogP contribution in [0.4, 0.5) is 5.69 Å². The minimum absolute atomic E-state index is 0.0115. The van der Waals surface area contributed by atoms with Crippen LogP contribution in [0.15, 0.2) is 54.6 Å². The second kappa shape index (κ2) is 8.07. The highest BCUT2D eigenvalue weighted by molar-refractivity contribution is 6.32. The van der Waals surface area contributed by atoms with Crippen molar-refractivity contribution in [3.63, 3.8) is 0 Å². The summed E-state index contributed by atoms with van der Waals surface area (Å²) >= 11 is 5.72. The normalized spacial score (nSPS) is 11.9. The summed E-state index contributed by atoms with van der Waals surface area (Å²) in [4.78, 5) is 33.6. The zero-order chi connectivity index (χ0) is 18.4. The number of halogens is 1. The van der Waals surface area contributed by atoms with Gasteiger partial charge in [-0.05, 0) is 17.7 Å². The number of benzene rings is 2. The van der Waals surface area contributed by atoms with Crippen LogP contribution in [-0.2, 0) is 14.3 Å². The fourth-order valence-corrected chi connectivity index (χ4v) is 2.20. The number of nitrogens with two attached hydrogens (primary N) is 1. The molecule has 1 unspecified atom stereocenters. The van der Waals surface area contributed by atoms with Gasteiger partial charge in [0.1, 0.15) is 5.02 Å². The number of primary amides is 1. The van der Waals surface area contributed by atoms with E-state index in [0.29, 0.717) is 11.1 Å². The largest absolute Gasteiger partial charge is 0.444 e. The first-order valence-corrected chi connectivity index (χ1v) is 7.43. The first-order chi connectivity index (χ1) is 11.9. The Bertz CT molecular complexity index is 836. The molecule has 0 bridgehead atoms. The molecular weight excluding hydrogens is 348 g/mol. The number of rotatable bonds is 6. The molecule has 0 radical (unpaired) electrons. The van der Waals surface area contributed by atoms with Gasteiger partial charge in [-0.25, -0.2) is 4.79 Å². The summed E-state index contributed by atoms with van der Waals surface area (Å²) in [5.41, 5.74) is 5.80. The monoisotopic (exact) mass is 360 g/mol. The molecule has 1 atom stereocenters. The molecule has 0 fully saturated rings. The summed E-state index contributed by atoms with van der Waals surface area (Å²) < 4.78 is 5.06. The number of hydrogen-bond donors (Lipinski definition) is 1. The molecule has 0 aromatic heterocycles. The lowest BCUT2D eigenvalue weighted by Crippen LogP contribution is -2.25. The van der Waals surface area contributed by atoms with Gasteiger partial charge in [-0.1, -0.05) is 48.0 Å². The summed E-state index contributed by atoms with van der Waals surface area (Å²) in [6, 6.07) is 12.4. The van der Waals surface area contributed by atoms with E-state index in [4.69, 9.17) is 22.1 Å². The van der Waals surface area contributed by atoms with Crippen LogP contribution in [0.2, 0.25) is 5.02 Å². The Morgan fingerprint density at radius 1 is 1.20 bits per heavy atom. The Labute approximate surface area is 147 Å². The summed E-state index contributed by atoms with van der Waals surface area (Å²) in [7, 11) is 0. The average Bonchev–Trinajstić information content (AvgIpc) is 2.59. The Hall–Kier alpha value is -3.19. The predicted octanol–water partition coefficient (Wildman–Crippen LogP) is 3.03. The van der Waals surface area contributed by atoms with E-state index in [0.717, 1.165) is 6.08 Å². The van der Waals surface area contributed by atoms with Gasteiger partial charge in [-0.2, -0.15) is 0 Å². The van der Waals surface area contributed by atoms with E-state index in [9.17, 15) is 19.7 Å². The smallest absolute Gasteiger partial charge is 0.331 e. The van der Waals surface area contributed by atoms with Gasteiger partial charge in [-0.15, -0.1) is 0 Å². The molecule has 2 rings (SSSR count). The molecule has 25 heavy (non-hydrogen) atoms. The van der Waals surface area contributed by atoms with Crippen molar-refractivity contribution in [1.82, 2.24) is 0 Å². The highest BCUT2D eigenvalue weighted by atomic mass is 35.5. The predicted molar refractivity (Wildman–Crippen MR) is 91.6 cm³/mol. The first-order valence-electron chi connectivity index (χ1n) is 7.05. The number of nitrogens with zero attached hydrogens (tertiary/aromatic N) is 1. The van der Waals surface area contributed by atoms with E-state index in [-0.39, 0.29) is 10.7 Å². The second-order valence-electron chi connectivity index (χ2n) is 4.93. The Balaban J connectivity index is 2.13. The van der Waals surface area contributed by atoms with Crippen molar-refractivity contribution in [3.05, 3.63) is 80.9 Å². The van der Waals surface area contributed by atoms with Crippen molar-refractivity contribution in [2.75, 3.05) is 0 Å². The molecule has 0 aliphatic heterocycles. The minimum Gasteiger partial charge on any atom is -0.444 e. The van der Waals surface area contributed by atoms with Gasteiger partial charge < -0.3 is 10.5 Å². The maximum absolute atomic E-state index is 11.9. The number of amides is 1. The molecule has 0 heterocycles. The molecule has 0 aliphatic rings. The quantitative estimate of drug-likeness (QED) is 0.368. The number of esters is 1. The number of carbonyl (C=O) groups excluding carboxylic acids is 2. The molecule has 7 nitrogen and oxygen atoms in total. The summed E-state index contributed by atoms with van der Waals surface area (Å²) in [5, 5.41) is 10.8. The third-order valence-corrected chi connectivity index (χ3v) is 3.49. The molecular formula is C17H13ClN2O5. The Morgan fingerprint density at radius 2 is 1.88 bits per heavy atom. The molecule has 0 saturated carbocycles. The van der Waals surface area contributed by atoms with E-state index in [1.165, 1.54) is 24.3 Å². The van der Waals surface area contributed by atoms with Gasteiger partial charge in [-0.3, -0.25) is 14.9 Å². The Kier molecular flexibility index (Phi) is 5.86. The number of ether oxygens (including phenoxy) is 1. The van der Waals surface area contributed by atoms with Crippen molar-refractivity contribution in [3.8, 4) is 0 Å². The molecule has 128 valence electrons. The van der Waals surface area contributed by atoms with Gasteiger partial charge in [0.25, 0.3) is 11.6 Å². The van der Waals surface area contributed by atoms with Gasteiger partial charge in [0, 0.05) is 17.7 Å². The van der Waals surface area contributed by atoms with Crippen molar-refractivity contribution in [2.45, 2.75) is 6.10 Å². The van der Waals surface area contributed by atoms with Crippen LogP contribution in [0.1, 0.15) is 17.2 Å². The average molecular weight is 361 g/mol. The van der Waals surface area contributed by atoms with E-state index in [1.807, 2.05) is 0 Å². The fourth-order valence-electron chi connectivity index (χ4n) is 2.01. The van der Waals surface area contributed by atoms with E-state index in [1.54, 1.807) is 30.3 Å². The van der Waals surface area contributed by atoms with Crippen molar-refractivity contribution >= 4 is 35.2 Å². The SMILES string of the molecule is NC(=O)C(OC(=O)C=Cc1ccc(Cl)c([N+](=O)[O-])c1)c1ccccc1. The lowest BCUT2D eigenvalue weighted by atomic mass is 10.1. The molecule has 0 aliphatic carbocycles. The van der Waals surface area contributed by atoms with E-state index in [2.05, 4.69) is 0 Å². The second-order valence-corrected chi connectivity index (χ2v) is 5.34. The minimum atomic E-state index is -1.22. The molecule has 2 aromatic carbocycles. The van der Waals surface area contributed by atoms with Gasteiger partial charge in [0.15, 0.2) is 0 Å². The maximum atomic E-state index is 11.9. The van der Waals surface area contributed by atoms with Crippen LogP contribution in [0.25, 0.3) is 6.08 Å². The molecule has 1 amide bonds. The lowest BCUT2D eigenvalue weighted by Gasteiger charge is -2.13. The van der Waals surface area contributed by atoms with Gasteiger partial charge in [0.2, 0.25) is 6.10 Å². The first kappa shape index (κ1) is 18.2. The number of hydrogen-bond acceptors (Lipinski definition) is 5. The number of nitro benzene ring substituents is 1. The van der Waals surface area contributed by atoms with Crippen LogP contribution in [0.3, 0.4) is 0 Å². The third kappa shape index (κ3) is 4.89. The van der Waals surface area contributed by atoms with Crippen LogP contribution >= 0.6 is 11.6 Å². The van der Waals surface area contributed by atoms with Crippen molar-refractivity contribution in [2.24, 2.45) is 5.73 Å². The van der Waals surface area contributed by atoms with Crippen molar-refractivity contribution < 1.29 is 19.2 Å². The summed E-state index contributed by atoms with van der Waals surface area (Å²) in [5.74, 6) is -1.62.